The van der Waals surface area contributed by atoms with Crippen LogP contribution in [0.5, 0.6) is 0 Å². The third-order valence-electron chi connectivity index (χ3n) is 3.41. The average molecular weight is 259 g/mol. The van der Waals surface area contributed by atoms with Crippen LogP contribution in [0.25, 0.3) is 11.3 Å². The highest BCUT2D eigenvalue weighted by Gasteiger charge is 2.22. The SMILES string of the molecule is Cc1ccc(-c2nc3n(c2CN)CCS3)c(C)c1. The van der Waals surface area contributed by atoms with Crippen molar-refractivity contribution in [1.82, 2.24) is 9.55 Å². The first kappa shape index (κ1) is 11.8. The summed E-state index contributed by atoms with van der Waals surface area (Å²) in [4.78, 5) is 4.77. The van der Waals surface area contributed by atoms with Crippen LogP contribution in [0.2, 0.25) is 0 Å². The maximum Gasteiger partial charge on any atom is 0.168 e. The molecule has 0 saturated heterocycles. The molecular weight excluding hydrogens is 242 g/mol. The van der Waals surface area contributed by atoms with Gasteiger partial charge >= 0.3 is 0 Å². The molecule has 1 aromatic carbocycles. The number of nitrogens with zero attached hydrogens (tertiary/aromatic N) is 2. The Kier molecular flexibility index (Phi) is 2.92. The van der Waals surface area contributed by atoms with E-state index in [1.54, 1.807) is 0 Å². The number of hydrogen-bond acceptors (Lipinski definition) is 3. The number of imidazole rings is 1. The molecule has 0 unspecified atom stereocenters. The Morgan fingerprint density at radius 3 is 2.94 bits per heavy atom. The molecule has 0 amide bonds. The molecule has 18 heavy (non-hydrogen) atoms. The van der Waals surface area contributed by atoms with Gasteiger partial charge in [0.2, 0.25) is 0 Å². The molecule has 4 heteroatoms. The van der Waals surface area contributed by atoms with Gasteiger partial charge in [-0.2, -0.15) is 0 Å². The Hall–Kier alpha value is -1.26. The molecule has 0 radical (unpaired) electrons. The largest absolute Gasteiger partial charge is 0.325 e. The summed E-state index contributed by atoms with van der Waals surface area (Å²) in [6.45, 7) is 5.84. The number of benzene rings is 1. The molecule has 0 fully saturated rings. The third kappa shape index (κ3) is 1.76. The van der Waals surface area contributed by atoms with Gasteiger partial charge in [0.15, 0.2) is 5.16 Å². The van der Waals surface area contributed by atoms with E-state index in [4.69, 9.17) is 10.7 Å². The molecule has 2 heterocycles. The van der Waals surface area contributed by atoms with Crippen molar-refractivity contribution < 1.29 is 0 Å². The van der Waals surface area contributed by atoms with Gasteiger partial charge in [-0.3, -0.25) is 0 Å². The van der Waals surface area contributed by atoms with Gasteiger partial charge in [0.25, 0.3) is 0 Å². The van der Waals surface area contributed by atoms with Crippen LogP contribution < -0.4 is 5.73 Å². The monoisotopic (exact) mass is 259 g/mol. The fraction of sp³-hybridized carbons (Fsp3) is 0.357. The zero-order valence-electron chi connectivity index (χ0n) is 10.7. The van der Waals surface area contributed by atoms with Crippen molar-refractivity contribution in [3.05, 3.63) is 35.0 Å². The lowest BCUT2D eigenvalue weighted by molar-refractivity contribution is 0.678. The molecule has 2 N–H and O–H groups in total. The van der Waals surface area contributed by atoms with E-state index in [0.29, 0.717) is 6.54 Å². The first-order chi connectivity index (χ1) is 8.70. The first-order valence-electron chi connectivity index (χ1n) is 6.20. The number of aryl methyl sites for hydroxylation is 2. The van der Waals surface area contributed by atoms with Gasteiger partial charge in [0, 0.05) is 24.4 Å². The minimum absolute atomic E-state index is 0.552. The summed E-state index contributed by atoms with van der Waals surface area (Å²) < 4.78 is 2.26. The quantitative estimate of drug-likeness (QED) is 0.902. The van der Waals surface area contributed by atoms with Crippen molar-refractivity contribution in [2.45, 2.75) is 32.1 Å². The summed E-state index contributed by atoms with van der Waals surface area (Å²) in [5.41, 5.74) is 11.9. The van der Waals surface area contributed by atoms with Crippen LogP contribution in [-0.2, 0) is 13.1 Å². The summed E-state index contributed by atoms with van der Waals surface area (Å²) in [5, 5.41) is 1.12. The van der Waals surface area contributed by atoms with E-state index in [-0.39, 0.29) is 0 Å². The zero-order valence-corrected chi connectivity index (χ0v) is 11.5. The topological polar surface area (TPSA) is 43.8 Å². The standard InChI is InChI=1S/C14H17N3S/c1-9-3-4-11(10(2)7-9)13-12(8-15)17-5-6-18-14(17)16-13/h3-4,7H,5-6,8,15H2,1-2H3. The van der Waals surface area contributed by atoms with Gasteiger partial charge in [0.1, 0.15) is 0 Å². The summed E-state index contributed by atoms with van der Waals surface area (Å²) >= 11 is 1.82. The number of hydrogen-bond donors (Lipinski definition) is 1. The molecule has 1 aliphatic rings. The van der Waals surface area contributed by atoms with Crippen LogP contribution in [0.15, 0.2) is 23.4 Å². The van der Waals surface area contributed by atoms with E-state index in [1.807, 2.05) is 11.8 Å². The van der Waals surface area contributed by atoms with Gasteiger partial charge < -0.3 is 10.3 Å². The smallest absolute Gasteiger partial charge is 0.168 e. The average Bonchev–Trinajstić information content (AvgIpc) is 2.88. The second-order valence-electron chi connectivity index (χ2n) is 4.71. The maximum absolute atomic E-state index is 5.92. The second-order valence-corrected chi connectivity index (χ2v) is 5.77. The summed E-state index contributed by atoms with van der Waals surface area (Å²) in [6.07, 6.45) is 0. The first-order valence-corrected chi connectivity index (χ1v) is 7.19. The second kappa shape index (κ2) is 4.44. The molecule has 0 bridgehead atoms. The van der Waals surface area contributed by atoms with Gasteiger partial charge in [-0.25, -0.2) is 4.98 Å². The van der Waals surface area contributed by atoms with Crippen LogP contribution in [0.3, 0.4) is 0 Å². The predicted molar refractivity (Wildman–Crippen MR) is 75.8 cm³/mol. The maximum atomic E-state index is 5.92. The van der Waals surface area contributed by atoms with Crippen molar-refractivity contribution >= 4 is 11.8 Å². The fourth-order valence-electron chi connectivity index (χ4n) is 2.53. The zero-order chi connectivity index (χ0) is 12.7. The van der Waals surface area contributed by atoms with E-state index in [0.717, 1.165) is 23.1 Å². The summed E-state index contributed by atoms with van der Waals surface area (Å²) in [5.74, 6) is 1.11. The fourth-order valence-corrected chi connectivity index (χ4v) is 3.50. The lowest BCUT2D eigenvalue weighted by Crippen LogP contribution is -2.07. The van der Waals surface area contributed by atoms with E-state index in [9.17, 15) is 0 Å². The highest BCUT2D eigenvalue weighted by Crippen LogP contribution is 2.34. The molecule has 2 aromatic rings. The molecule has 0 spiro atoms. The van der Waals surface area contributed by atoms with Crippen molar-refractivity contribution in [2.24, 2.45) is 5.73 Å². The Balaban J connectivity index is 2.17. The van der Waals surface area contributed by atoms with Crippen LogP contribution in [0.4, 0.5) is 0 Å². The molecular formula is C14H17N3S. The predicted octanol–water partition coefficient (Wildman–Crippen LogP) is 2.73. The van der Waals surface area contributed by atoms with Crippen molar-refractivity contribution in [3.8, 4) is 11.3 Å². The Labute approximate surface area is 111 Å². The molecule has 1 aromatic heterocycles. The molecule has 94 valence electrons. The molecule has 1 aliphatic heterocycles. The van der Waals surface area contributed by atoms with Crippen LogP contribution in [-0.4, -0.2) is 15.3 Å². The number of nitrogens with two attached hydrogens (primary N) is 1. The molecule has 3 rings (SSSR count). The number of aromatic nitrogens is 2. The van der Waals surface area contributed by atoms with E-state index in [1.165, 1.54) is 22.4 Å². The lowest BCUT2D eigenvalue weighted by Gasteiger charge is -2.08. The minimum Gasteiger partial charge on any atom is -0.325 e. The number of fused-ring (bicyclic) bond motifs is 1. The van der Waals surface area contributed by atoms with Crippen LogP contribution in [0, 0.1) is 13.8 Å². The minimum atomic E-state index is 0.552. The van der Waals surface area contributed by atoms with Gasteiger partial charge in [-0.05, 0) is 19.4 Å². The van der Waals surface area contributed by atoms with Crippen molar-refractivity contribution in [1.29, 1.82) is 0 Å². The van der Waals surface area contributed by atoms with Crippen LogP contribution >= 0.6 is 11.8 Å². The summed E-state index contributed by atoms with van der Waals surface area (Å²) in [6, 6.07) is 6.50. The lowest BCUT2D eigenvalue weighted by atomic mass is 10.0. The number of thioether (sulfide) groups is 1. The van der Waals surface area contributed by atoms with Crippen molar-refractivity contribution in [2.75, 3.05) is 5.75 Å². The van der Waals surface area contributed by atoms with Crippen molar-refractivity contribution in [3.63, 3.8) is 0 Å². The molecule has 0 saturated carbocycles. The third-order valence-corrected chi connectivity index (χ3v) is 4.37. The van der Waals surface area contributed by atoms with E-state index >= 15 is 0 Å². The van der Waals surface area contributed by atoms with Gasteiger partial charge in [0.05, 0.1) is 11.4 Å². The van der Waals surface area contributed by atoms with E-state index in [2.05, 4.69) is 36.6 Å². The number of rotatable bonds is 2. The van der Waals surface area contributed by atoms with E-state index < -0.39 is 0 Å². The molecule has 0 aliphatic carbocycles. The normalized spacial score (nSPS) is 13.9. The van der Waals surface area contributed by atoms with Gasteiger partial charge in [-0.1, -0.05) is 35.5 Å². The highest BCUT2D eigenvalue weighted by molar-refractivity contribution is 7.99. The Bertz CT molecular complexity index is 601. The molecule has 0 atom stereocenters. The van der Waals surface area contributed by atoms with Gasteiger partial charge in [-0.15, -0.1) is 0 Å². The Morgan fingerprint density at radius 2 is 2.22 bits per heavy atom. The summed E-state index contributed by atoms with van der Waals surface area (Å²) in [7, 11) is 0. The molecule has 3 nitrogen and oxygen atoms in total. The van der Waals surface area contributed by atoms with Crippen LogP contribution in [0.1, 0.15) is 16.8 Å². The Morgan fingerprint density at radius 1 is 1.39 bits per heavy atom. The highest BCUT2D eigenvalue weighted by atomic mass is 32.2.